The lowest BCUT2D eigenvalue weighted by atomic mass is 9.98. The van der Waals surface area contributed by atoms with Crippen molar-refractivity contribution < 1.29 is 4.42 Å². The van der Waals surface area contributed by atoms with Crippen LogP contribution in [0, 0.1) is 6.92 Å². The number of nitrogens with zero attached hydrogens (tertiary/aromatic N) is 2. The van der Waals surface area contributed by atoms with Crippen molar-refractivity contribution in [2.45, 2.75) is 19.8 Å². The molecule has 0 aliphatic carbocycles. The summed E-state index contributed by atoms with van der Waals surface area (Å²) in [7, 11) is 1.88. The van der Waals surface area contributed by atoms with Crippen molar-refractivity contribution in [2.75, 3.05) is 5.73 Å². The Balaban J connectivity index is 1.98. The zero-order valence-corrected chi connectivity index (χ0v) is 12.3. The highest BCUT2D eigenvalue weighted by Crippen LogP contribution is 2.32. The monoisotopic (exact) mass is 281 g/mol. The van der Waals surface area contributed by atoms with Gasteiger partial charge >= 0.3 is 0 Å². The Morgan fingerprint density at radius 1 is 1.14 bits per heavy atom. The number of furan rings is 1. The maximum absolute atomic E-state index is 6.23. The minimum atomic E-state index is 0.707. The Labute approximate surface area is 124 Å². The number of aromatic nitrogens is 2. The van der Waals surface area contributed by atoms with Gasteiger partial charge in [0.15, 0.2) is 0 Å². The minimum absolute atomic E-state index is 0.707. The van der Waals surface area contributed by atoms with Crippen molar-refractivity contribution in [3.8, 4) is 11.1 Å². The molecule has 0 atom stereocenters. The molecule has 2 N–H and O–H groups in total. The summed E-state index contributed by atoms with van der Waals surface area (Å²) >= 11 is 0. The summed E-state index contributed by atoms with van der Waals surface area (Å²) < 4.78 is 7.14. The third-order valence-electron chi connectivity index (χ3n) is 3.77. The van der Waals surface area contributed by atoms with Crippen LogP contribution in [0.2, 0.25) is 0 Å². The molecule has 2 aromatic heterocycles. The Bertz CT molecular complexity index is 741. The molecular weight excluding hydrogens is 262 g/mol. The molecule has 0 saturated heterocycles. The largest absolute Gasteiger partial charge is 0.469 e. The molecule has 0 unspecified atom stereocenters. The molecule has 0 amide bonds. The zero-order chi connectivity index (χ0) is 14.8. The molecule has 108 valence electrons. The first-order valence-corrected chi connectivity index (χ1v) is 7.06. The van der Waals surface area contributed by atoms with E-state index in [0.717, 1.165) is 35.4 Å². The molecule has 0 saturated carbocycles. The van der Waals surface area contributed by atoms with E-state index in [0.29, 0.717) is 5.82 Å². The van der Waals surface area contributed by atoms with Crippen LogP contribution < -0.4 is 5.73 Å². The molecule has 4 nitrogen and oxygen atoms in total. The first kappa shape index (κ1) is 13.5. The van der Waals surface area contributed by atoms with Crippen LogP contribution in [-0.2, 0) is 19.9 Å². The van der Waals surface area contributed by atoms with Gasteiger partial charge in [-0.05, 0) is 36.6 Å². The molecule has 3 rings (SSSR count). The number of rotatable bonds is 4. The molecule has 0 bridgehead atoms. The molecule has 1 aromatic carbocycles. The quantitative estimate of drug-likeness (QED) is 0.797. The maximum Gasteiger partial charge on any atom is 0.129 e. The molecule has 0 spiro atoms. The van der Waals surface area contributed by atoms with Crippen molar-refractivity contribution in [3.63, 3.8) is 0 Å². The van der Waals surface area contributed by atoms with Crippen LogP contribution in [-0.4, -0.2) is 9.78 Å². The molecular formula is C17H19N3O. The van der Waals surface area contributed by atoms with Gasteiger partial charge in [0.25, 0.3) is 0 Å². The van der Waals surface area contributed by atoms with Crippen molar-refractivity contribution >= 4 is 5.82 Å². The normalized spacial score (nSPS) is 11.0. The van der Waals surface area contributed by atoms with E-state index < -0.39 is 0 Å². The number of nitrogen functional groups attached to an aromatic ring is 1. The summed E-state index contributed by atoms with van der Waals surface area (Å²) in [5.74, 6) is 1.67. The van der Waals surface area contributed by atoms with Gasteiger partial charge in [-0.25, -0.2) is 0 Å². The van der Waals surface area contributed by atoms with E-state index in [2.05, 4.69) is 24.2 Å². The van der Waals surface area contributed by atoms with E-state index in [1.807, 2.05) is 31.3 Å². The number of benzene rings is 1. The number of aryl methyl sites for hydroxylation is 4. The van der Waals surface area contributed by atoms with Crippen molar-refractivity contribution in [1.82, 2.24) is 9.78 Å². The van der Waals surface area contributed by atoms with Gasteiger partial charge in [-0.2, -0.15) is 5.10 Å². The fourth-order valence-corrected chi connectivity index (χ4v) is 2.61. The third kappa shape index (κ3) is 2.57. The fourth-order valence-electron chi connectivity index (χ4n) is 2.61. The van der Waals surface area contributed by atoms with Crippen molar-refractivity contribution in [3.05, 3.63) is 59.7 Å². The average Bonchev–Trinajstić information content (AvgIpc) is 3.08. The van der Waals surface area contributed by atoms with Crippen molar-refractivity contribution in [1.29, 1.82) is 0 Å². The summed E-state index contributed by atoms with van der Waals surface area (Å²) in [5.41, 5.74) is 10.6. The summed E-state index contributed by atoms with van der Waals surface area (Å²) in [5, 5.41) is 4.58. The Morgan fingerprint density at radius 2 is 1.95 bits per heavy atom. The highest BCUT2D eigenvalue weighted by molar-refractivity contribution is 5.78. The van der Waals surface area contributed by atoms with Gasteiger partial charge in [0.1, 0.15) is 11.6 Å². The first-order chi connectivity index (χ1) is 10.2. The Morgan fingerprint density at radius 3 is 2.67 bits per heavy atom. The Kier molecular flexibility index (Phi) is 3.52. The van der Waals surface area contributed by atoms with Gasteiger partial charge in [-0.3, -0.25) is 4.68 Å². The van der Waals surface area contributed by atoms with Gasteiger partial charge < -0.3 is 10.2 Å². The molecule has 4 heteroatoms. The molecule has 0 aliphatic rings. The second-order valence-electron chi connectivity index (χ2n) is 5.22. The lowest BCUT2D eigenvalue weighted by Crippen LogP contribution is -1.98. The Hall–Kier alpha value is -2.49. The number of hydrogen-bond donors (Lipinski definition) is 1. The van der Waals surface area contributed by atoms with Crippen LogP contribution in [0.1, 0.15) is 17.0 Å². The van der Waals surface area contributed by atoms with Gasteiger partial charge in [0.2, 0.25) is 0 Å². The van der Waals surface area contributed by atoms with Crippen LogP contribution in [0.15, 0.2) is 47.1 Å². The van der Waals surface area contributed by atoms with Gasteiger partial charge in [-0.15, -0.1) is 0 Å². The molecule has 0 radical (unpaired) electrons. The van der Waals surface area contributed by atoms with E-state index in [1.165, 1.54) is 5.56 Å². The van der Waals surface area contributed by atoms with Crippen LogP contribution >= 0.6 is 0 Å². The molecule has 0 aliphatic heterocycles. The highest BCUT2D eigenvalue weighted by atomic mass is 16.3. The standard InChI is InChI=1S/C17H19N3O/c1-12-6-3-4-8-14(12)16-15(19-20(2)17(16)18)10-9-13-7-5-11-21-13/h3-8,11H,9-10,18H2,1-2H3. The SMILES string of the molecule is Cc1ccccc1-c1c(CCc2ccco2)nn(C)c1N. The first-order valence-electron chi connectivity index (χ1n) is 7.06. The van der Waals surface area contributed by atoms with Crippen molar-refractivity contribution in [2.24, 2.45) is 7.05 Å². The minimum Gasteiger partial charge on any atom is -0.469 e. The lowest BCUT2D eigenvalue weighted by molar-refractivity contribution is 0.507. The van der Waals surface area contributed by atoms with Gasteiger partial charge in [-0.1, -0.05) is 24.3 Å². The highest BCUT2D eigenvalue weighted by Gasteiger charge is 2.17. The van der Waals surface area contributed by atoms with E-state index in [9.17, 15) is 0 Å². The topological polar surface area (TPSA) is 57.0 Å². The molecule has 2 heterocycles. The second kappa shape index (κ2) is 5.48. The third-order valence-corrected chi connectivity index (χ3v) is 3.77. The smallest absolute Gasteiger partial charge is 0.129 e. The van der Waals surface area contributed by atoms with Crippen LogP contribution in [0.3, 0.4) is 0 Å². The molecule has 3 aromatic rings. The van der Waals surface area contributed by atoms with Crippen LogP contribution in [0.25, 0.3) is 11.1 Å². The number of anilines is 1. The van der Waals surface area contributed by atoms with E-state index >= 15 is 0 Å². The van der Waals surface area contributed by atoms with E-state index in [1.54, 1.807) is 10.9 Å². The van der Waals surface area contributed by atoms with E-state index in [4.69, 9.17) is 10.2 Å². The lowest BCUT2D eigenvalue weighted by Gasteiger charge is -2.07. The predicted molar refractivity (Wildman–Crippen MR) is 83.9 cm³/mol. The fraction of sp³-hybridized carbons (Fsp3) is 0.235. The average molecular weight is 281 g/mol. The number of nitrogens with two attached hydrogens (primary N) is 1. The summed E-state index contributed by atoms with van der Waals surface area (Å²) in [6.45, 7) is 2.10. The van der Waals surface area contributed by atoms with Gasteiger partial charge in [0, 0.05) is 19.0 Å². The van der Waals surface area contributed by atoms with Crippen LogP contribution in [0.4, 0.5) is 5.82 Å². The zero-order valence-electron chi connectivity index (χ0n) is 12.3. The number of hydrogen-bond acceptors (Lipinski definition) is 3. The van der Waals surface area contributed by atoms with E-state index in [-0.39, 0.29) is 0 Å². The summed E-state index contributed by atoms with van der Waals surface area (Å²) in [6.07, 6.45) is 3.33. The summed E-state index contributed by atoms with van der Waals surface area (Å²) in [4.78, 5) is 0. The van der Waals surface area contributed by atoms with Crippen LogP contribution in [0.5, 0.6) is 0 Å². The molecule has 21 heavy (non-hydrogen) atoms. The predicted octanol–water partition coefficient (Wildman–Crippen LogP) is 3.36. The van der Waals surface area contributed by atoms with Gasteiger partial charge in [0.05, 0.1) is 12.0 Å². The second-order valence-corrected chi connectivity index (χ2v) is 5.22. The maximum atomic E-state index is 6.23. The summed E-state index contributed by atoms with van der Waals surface area (Å²) in [6, 6.07) is 12.2. The molecule has 0 fully saturated rings.